The van der Waals surface area contributed by atoms with Crippen molar-refractivity contribution in [3.8, 4) is 0 Å². The first-order valence-electron chi connectivity index (χ1n) is 11.7. The van der Waals surface area contributed by atoms with Crippen LogP contribution >= 0.6 is 11.6 Å². The van der Waals surface area contributed by atoms with Crippen LogP contribution in [-0.4, -0.2) is 47.8 Å². The highest BCUT2D eigenvalue weighted by Gasteiger charge is 2.32. The number of carbonyl (C=O) groups excluding carboxylic acids is 3. The predicted molar refractivity (Wildman–Crippen MR) is 128 cm³/mol. The molecule has 0 aromatic heterocycles. The number of piperidine rings is 1. The molecule has 174 valence electrons. The number of likely N-dealkylation sites (tertiary alicyclic amines) is 1. The predicted octanol–water partition coefficient (Wildman–Crippen LogP) is 4.05. The lowest BCUT2D eigenvalue weighted by molar-refractivity contribution is -0.127. The topological polar surface area (TPSA) is 78.5 Å². The van der Waals surface area contributed by atoms with Crippen LogP contribution in [0.3, 0.4) is 0 Å². The highest BCUT2D eigenvalue weighted by Crippen LogP contribution is 2.23. The van der Waals surface area contributed by atoms with E-state index in [0.29, 0.717) is 42.1 Å². The van der Waals surface area contributed by atoms with Gasteiger partial charge < -0.3 is 15.5 Å². The summed E-state index contributed by atoms with van der Waals surface area (Å²) in [6, 6.07) is 15.9. The van der Waals surface area contributed by atoms with E-state index in [0.717, 1.165) is 25.7 Å². The maximum Gasteiger partial charge on any atom is 0.253 e. The van der Waals surface area contributed by atoms with Crippen molar-refractivity contribution in [2.24, 2.45) is 5.92 Å². The van der Waals surface area contributed by atoms with Gasteiger partial charge in [0.1, 0.15) is 0 Å². The van der Waals surface area contributed by atoms with Gasteiger partial charge in [0.25, 0.3) is 11.8 Å². The quantitative estimate of drug-likeness (QED) is 0.696. The number of halogens is 1. The molecule has 0 unspecified atom stereocenters. The molecule has 2 fully saturated rings. The van der Waals surface area contributed by atoms with E-state index in [2.05, 4.69) is 10.6 Å². The molecule has 0 radical (unpaired) electrons. The Kier molecular flexibility index (Phi) is 7.65. The van der Waals surface area contributed by atoms with Crippen LogP contribution < -0.4 is 10.6 Å². The van der Waals surface area contributed by atoms with Gasteiger partial charge in [-0.1, -0.05) is 42.6 Å². The van der Waals surface area contributed by atoms with Crippen molar-refractivity contribution < 1.29 is 14.4 Å². The van der Waals surface area contributed by atoms with E-state index in [1.54, 1.807) is 41.3 Å². The van der Waals surface area contributed by atoms with E-state index >= 15 is 0 Å². The zero-order valence-electron chi connectivity index (χ0n) is 18.6. The summed E-state index contributed by atoms with van der Waals surface area (Å²) in [6.07, 6.45) is 5.07. The van der Waals surface area contributed by atoms with Gasteiger partial charge in [-0.15, -0.1) is 0 Å². The van der Waals surface area contributed by atoms with Crippen LogP contribution in [-0.2, 0) is 4.79 Å². The smallest absolute Gasteiger partial charge is 0.253 e. The Balaban J connectivity index is 1.29. The minimum absolute atomic E-state index is 0.0264. The van der Waals surface area contributed by atoms with Crippen molar-refractivity contribution in [2.75, 3.05) is 13.1 Å². The molecular weight excluding hydrogens is 438 g/mol. The van der Waals surface area contributed by atoms with Gasteiger partial charge in [-0.3, -0.25) is 14.4 Å². The normalized spacial score (nSPS) is 21.3. The van der Waals surface area contributed by atoms with Gasteiger partial charge in [-0.2, -0.15) is 0 Å². The Morgan fingerprint density at radius 1 is 0.758 bits per heavy atom. The highest BCUT2D eigenvalue weighted by molar-refractivity contribution is 6.30. The number of benzene rings is 2. The molecule has 1 saturated heterocycles. The van der Waals surface area contributed by atoms with E-state index in [4.69, 9.17) is 11.6 Å². The number of hydrogen-bond acceptors (Lipinski definition) is 3. The fraction of sp³-hybridized carbons (Fsp3) is 0.423. The molecule has 1 aliphatic heterocycles. The van der Waals surface area contributed by atoms with Crippen molar-refractivity contribution in [1.29, 1.82) is 0 Å². The van der Waals surface area contributed by atoms with Crippen molar-refractivity contribution in [3.05, 3.63) is 70.7 Å². The number of hydrogen-bond donors (Lipinski definition) is 2. The fourth-order valence-electron chi connectivity index (χ4n) is 4.74. The summed E-state index contributed by atoms with van der Waals surface area (Å²) in [5.41, 5.74) is 1.24. The Labute approximate surface area is 199 Å². The molecule has 4 rings (SSSR count). The van der Waals surface area contributed by atoms with Crippen molar-refractivity contribution in [2.45, 2.75) is 50.6 Å². The molecule has 2 N–H and O–H groups in total. The molecule has 1 aliphatic carbocycles. The second kappa shape index (κ2) is 10.8. The maximum absolute atomic E-state index is 13.0. The Morgan fingerprint density at radius 2 is 1.36 bits per heavy atom. The molecule has 7 heteroatoms. The summed E-state index contributed by atoms with van der Waals surface area (Å²) in [6.45, 7) is 1.11. The summed E-state index contributed by atoms with van der Waals surface area (Å²) in [4.78, 5) is 40.1. The lowest BCUT2D eigenvalue weighted by Crippen LogP contribution is -2.55. The van der Waals surface area contributed by atoms with E-state index in [1.165, 1.54) is 0 Å². The van der Waals surface area contributed by atoms with Gasteiger partial charge in [-0.25, -0.2) is 0 Å². The summed E-state index contributed by atoms with van der Waals surface area (Å²) in [5, 5.41) is 6.93. The lowest BCUT2D eigenvalue weighted by Gasteiger charge is -2.36. The SMILES string of the molecule is O=C(N[C@@H]1CCCC[C@H]1NC(=O)C1CCN(C(=O)c2ccc(Cl)cc2)CC1)c1ccccc1. The minimum Gasteiger partial charge on any atom is -0.351 e. The summed E-state index contributed by atoms with van der Waals surface area (Å²) in [5.74, 6) is -0.219. The third kappa shape index (κ3) is 5.93. The van der Waals surface area contributed by atoms with Crippen LogP contribution in [0.2, 0.25) is 5.02 Å². The molecule has 2 aromatic carbocycles. The number of rotatable bonds is 5. The van der Waals surface area contributed by atoms with Gasteiger partial charge in [0.15, 0.2) is 0 Å². The summed E-state index contributed by atoms with van der Waals surface area (Å²) < 4.78 is 0. The van der Waals surface area contributed by atoms with Crippen molar-refractivity contribution in [1.82, 2.24) is 15.5 Å². The van der Waals surface area contributed by atoms with E-state index in [-0.39, 0.29) is 35.7 Å². The first kappa shape index (κ1) is 23.3. The molecule has 33 heavy (non-hydrogen) atoms. The molecule has 3 amide bonds. The molecule has 0 bridgehead atoms. The molecule has 6 nitrogen and oxygen atoms in total. The van der Waals surface area contributed by atoms with Crippen LogP contribution in [0.25, 0.3) is 0 Å². The van der Waals surface area contributed by atoms with Crippen molar-refractivity contribution >= 4 is 29.3 Å². The van der Waals surface area contributed by atoms with Crippen LogP contribution in [0, 0.1) is 5.92 Å². The van der Waals surface area contributed by atoms with Gasteiger partial charge in [0, 0.05) is 47.2 Å². The van der Waals surface area contributed by atoms with Crippen molar-refractivity contribution in [3.63, 3.8) is 0 Å². The first-order valence-corrected chi connectivity index (χ1v) is 12.1. The minimum atomic E-state index is -0.119. The van der Waals surface area contributed by atoms with Crippen LogP contribution in [0.4, 0.5) is 0 Å². The Hall–Kier alpha value is -2.86. The molecule has 2 aromatic rings. The lowest BCUT2D eigenvalue weighted by atomic mass is 9.88. The molecule has 0 spiro atoms. The second-order valence-electron chi connectivity index (χ2n) is 8.92. The third-order valence-corrected chi connectivity index (χ3v) is 6.94. The highest BCUT2D eigenvalue weighted by atomic mass is 35.5. The fourth-order valence-corrected chi connectivity index (χ4v) is 4.86. The monoisotopic (exact) mass is 467 g/mol. The third-order valence-electron chi connectivity index (χ3n) is 6.69. The first-order chi connectivity index (χ1) is 16.0. The number of nitrogens with zero attached hydrogens (tertiary/aromatic N) is 1. The van der Waals surface area contributed by atoms with E-state index in [1.807, 2.05) is 18.2 Å². The van der Waals surface area contributed by atoms with Gasteiger partial charge in [-0.05, 0) is 62.1 Å². The zero-order valence-corrected chi connectivity index (χ0v) is 19.4. The molecule has 2 aliphatic rings. The van der Waals surface area contributed by atoms with Crippen LogP contribution in [0.1, 0.15) is 59.2 Å². The van der Waals surface area contributed by atoms with Gasteiger partial charge >= 0.3 is 0 Å². The molecule has 1 saturated carbocycles. The number of amides is 3. The largest absolute Gasteiger partial charge is 0.351 e. The maximum atomic E-state index is 13.0. The summed E-state index contributed by atoms with van der Waals surface area (Å²) in [7, 11) is 0. The molecular formula is C26H30ClN3O3. The van der Waals surface area contributed by atoms with Crippen LogP contribution in [0.5, 0.6) is 0 Å². The standard InChI is InChI=1S/C26H30ClN3O3/c27-21-12-10-20(11-13-21)26(33)30-16-14-19(15-17-30)25(32)29-23-9-5-4-8-22(23)28-24(31)18-6-2-1-3-7-18/h1-3,6-7,10-13,19,22-23H,4-5,8-9,14-17H2,(H,28,31)(H,29,32)/t22-,23-/m1/s1. The summed E-state index contributed by atoms with van der Waals surface area (Å²) >= 11 is 5.91. The van der Waals surface area contributed by atoms with Gasteiger partial charge in [0.05, 0.1) is 0 Å². The van der Waals surface area contributed by atoms with Gasteiger partial charge in [0.2, 0.25) is 5.91 Å². The molecule has 2 atom stereocenters. The van der Waals surface area contributed by atoms with E-state index < -0.39 is 0 Å². The zero-order chi connectivity index (χ0) is 23.2. The van der Waals surface area contributed by atoms with E-state index in [9.17, 15) is 14.4 Å². The number of carbonyl (C=O) groups is 3. The van der Waals surface area contributed by atoms with Crippen LogP contribution in [0.15, 0.2) is 54.6 Å². The average Bonchev–Trinajstić information content (AvgIpc) is 2.86. The Bertz CT molecular complexity index is 972. The number of nitrogens with one attached hydrogen (secondary N) is 2. The Morgan fingerprint density at radius 3 is 2.00 bits per heavy atom. The average molecular weight is 468 g/mol. The molecule has 1 heterocycles. The second-order valence-corrected chi connectivity index (χ2v) is 9.36.